The number of hydrogen-bond acceptors (Lipinski definition) is 3. The maximum Gasteiger partial charge on any atom is 0.247 e. The molecule has 0 radical (unpaired) electrons. The number of hydrogen-bond donors (Lipinski definition) is 0. The quantitative estimate of drug-likeness (QED) is 0.473. The molecule has 3 aromatic rings. The number of furan rings is 1. The first-order chi connectivity index (χ1) is 15.0. The lowest BCUT2D eigenvalue weighted by Crippen LogP contribution is -2.45. The van der Waals surface area contributed by atoms with E-state index in [4.69, 9.17) is 4.42 Å². The van der Waals surface area contributed by atoms with Crippen molar-refractivity contribution in [3.63, 3.8) is 0 Å². The highest BCUT2D eigenvalue weighted by Gasteiger charge is 2.23. The highest BCUT2D eigenvalue weighted by atomic mass is 16.3. The number of carbonyl (C=O) groups is 2. The summed E-state index contributed by atoms with van der Waals surface area (Å²) in [5.41, 5.74) is 1.96. The van der Waals surface area contributed by atoms with Gasteiger partial charge in [-0.05, 0) is 43.2 Å². The second-order valence-electron chi connectivity index (χ2n) is 7.62. The lowest BCUT2D eigenvalue weighted by molar-refractivity contribution is -0.140. The first kappa shape index (κ1) is 22.1. The molecule has 31 heavy (non-hydrogen) atoms. The van der Waals surface area contributed by atoms with Gasteiger partial charge in [0.05, 0.1) is 12.8 Å². The van der Waals surface area contributed by atoms with Gasteiger partial charge in [0.15, 0.2) is 0 Å². The molecule has 0 fully saturated rings. The smallest absolute Gasteiger partial charge is 0.247 e. The van der Waals surface area contributed by atoms with E-state index in [1.54, 1.807) is 28.2 Å². The number of carbonyl (C=O) groups excluding carboxylic acids is 2. The topological polar surface area (TPSA) is 53.8 Å². The van der Waals surface area contributed by atoms with Crippen LogP contribution in [0.1, 0.15) is 30.7 Å². The van der Waals surface area contributed by atoms with Crippen LogP contribution in [0.4, 0.5) is 0 Å². The predicted molar refractivity (Wildman–Crippen MR) is 122 cm³/mol. The number of rotatable bonds is 9. The molecule has 3 rings (SSSR count). The Kier molecular flexibility index (Phi) is 7.82. The zero-order valence-corrected chi connectivity index (χ0v) is 18.0. The van der Waals surface area contributed by atoms with Crippen molar-refractivity contribution >= 4 is 17.9 Å². The minimum Gasteiger partial charge on any atom is -0.467 e. The molecule has 2 amide bonds. The number of amides is 2. The molecule has 5 heteroatoms. The van der Waals surface area contributed by atoms with Crippen molar-refractivity contribution in [1.82, 2.24) is 9.80 Å². The van der Waals surface area contributed by atoms with Crippen molar-refractivity contribution in [2.24, 2.45) is 0 Å². The first-order valence-electron chi connectivity index (χ1n) is 10.4. The van der Waals surface area contributed by atoms with Crippen LogP contribution in [0, 0.1) is 0 Å². The standard InChI is InChI=1S/C26H28N2O3/c1-21(2)28(25(29)16-15-22-10-5-3-6-11-22)20-26(30)27(19-24-14-9-17-31-24)18-23-12-7-4-8-13-23/h3-17,21H,18-20H2,1-2H3/b16-15+. The normalized spacial score (nSPS) is 11.1. The van der Waals surface area contributed by atoms with Gasteiger partial charge in [-0.15, -0.1) is 0 Å². The van der Waals surface area contributed by atoms with Crippen molar-refractivity contribution in [3.8, 4) is 0 Å². The van der Waals surface area contributed by atoms with E-state index in [-0.39, 0.29) is 24.4 Å². The van der Waals surface area contributed by atoms with Crippen LogP contribution in [-0.4, -0.2) is 34.2 Å². The Labute approximate surface area is 183 Å². The van der Waals surface area contributed by atoms with E-state index >= 15 is 0 Å². The van der Waals surface area contributed by atoms with Crippen LogP contribution in [0.3, 0.4) is 0 Å². The fourth-order valence-electron chi connectivity index (χ4n) is 3.21. The fourth-order valence-corrected chi connectivity index (χ4v) is 3.21. The monoisotopic (exact) mass is 416 g/mol. The Bertz CT molecular complexity index is 980. The molecular weight excluding hydrogens is 388 g/mol. The van der Waals surface area contributed by atoms with E-state index in [9.17, 15) is 9.59 Å². The van der Waals surface area contributed by atoms with E-state index in [1.807, 2.05) is 80.6 Å². The Morgan fingerprint density at radius 2 is 1.58 bits per heavy atom. The van der Waals surface area contributed by atoms with E-state index < -0.39 is 0 Å². The molecule has 160 valence electrons. The van der Waals surface area contributed by atoms with Gasteiger partial charge in [0, 0.05) is 18.7 Å². The molecular formula is C26H28N2O3. The van der Waals surface area contributed by atoms with Gasteiger partial charge >= 0.3 is 0 Å². The molecule has 2 aromatic carbocycles. The maximum atomic E-state index is 13.2. The van der Waals surface area contributed by atoms with Gasteiger partial charge in [0.2, 0.25) is 11.8 Å². The molecule has 5 nitrogen and oxygen atoms in total. The van der Waals surface area contributed by atoms with E-state index in [2.05, 4.69) is 0 Å². The average molecular weight is 417 g/mol. The Morgan fingerprint density at radius 1 is 0.903 bits per heavy atom. The zero-order valence-electron chi connectivity index (χ0n) is 18.0. The molecule has 0 saturated heterocycles. The summed E-state index contributed by atoms with van der Waals surface area (Å²) in [5.74, 6) is 0.385. The molecule has 1 heterocycles. The van der Waals surface area contributed by atoms with Gasteiger partial charge in [-0.3, -0.25) is 9.59 Å². The van der Waals surface area contributed by atoms with Crippen molar-refractivity contribution in [3.05, 3.63) is 102 Å². The van der Waals surface area contributed by atoms with Gasteiger partial charge in [0.1, 0.15) is 12.3 Å². The van der Waals surface area contributed by atoms with Crippen LogP contribution in [0.5, 0.6) is 0 Å². The van der Waals surface area contributed by atoms with Crippen LogP contribution < -0.4 is 0 Å². The number of nitrogens with zero attached hydrogens (tertiary/aromatic N) is 2. The van der Waals surface area contributed by atoms with Crippen molar-refractivity contribution in [1.29, 1.82) is 0 Å². The summed E-state index contributed by atoms with van der Waals surface area (Å²) in [6, 6.07) is 23.0. The van der Waals surface area contributed by atoms with Gasteiger partial charge in [-0.2, -0.15) is 0 Å². The van der Waals surface area contributed by atoms with Gasteiger partial charge in [-0.1, -0.05) is 60.7 Å². The highest BCUT2D eigenvalue weighted by molar-refractivity contribution is 5.94. The third-order valence-corrected chi connectivity index (χ3v) is 4.93. The fraction of sp³-hybridized carbons (Fsp3) is 0.231. The minimum atomic E-state index is -0.190. The Hall–Kier alpha value is -3.60. The maximum absolute atomic E-state index is 13.2. The first-order valence-corrected chi connectivity index (χ1v) is 10.4. The SMILES string of the molecule is CC(C)N(CC(=O)N(Cc1ccccc1)Cc1ccco1)C(=O)/C=C/c1ccccc1. The molecule has 0 aliphatic carbocycles. The largest absolute Gasteiger partial charge is 0.467 e. The molecule has 0 unspecified atom stereocenters. The van der Waals surface area contributed by atoms with Crippen molar-refractivity contribution < 1.29 is 14.0 Å². The van der Waals surface area contributed by atoms with Gasteiger partial charge in [0.25, 0.3) is 0 Å². The third-order valence-electron chi connectivity index (χ3n) is 4.93. The molecule has 0 N–H and O–H groups in total. The second kappa shape index (κ2) is 11.0. The van der Waals surface area contributed by atoms with Crippen LogP contribution in [0.2, 0.25) is 0 Å². The summed E-state index contributed by atoms with van der Waals surface area (Å²) in [7, 11) is 0. The van der Waals surface area contributed by atoms with Crippen LogP contribution in [0.15, 0.2) is 89.6 Å². The molecule has 0 atom stereocenters. The van der Waals surface area contributed by atoms with E-state index in [1.165, 1.54) is 6.08 Å². The molecule has 0 bridgehead atoms. The molecule has 0 aliphatic rings. The molecule has 1 aromatic heterocycles. The predicted octanol–water partition coefficient (Wildman–Crippen LogP) is 4.76. The van der Waals surface area contributed by atoms with Gasteiger partial charge < -0.3 is 14.2 Å². The molecule has 0 aliphatic heterocycles. The van der Waals surface area contributed by atoms with Crippen molar-refractivity contribution in [2.45, 2.75) is 33.0 Å². The zero-order chi connectivity index (χ0) is 22.1. The summed E-state index contributed by atoms with van der Waals surface area (Å²) < 4.78 is 5.45. The second-order valence-corrected chi connectivity index (χ2v) is 7.62. The lowest BCUT2D eigenvalue weighted by atomic mass is 10.2. The van der Waals surface area contributed by atoms with Crippen molar-refractivity contribution in [2.75, 3.05) is 6.54 Å². The summed E-state index contributed by atoms with van der Waals surface area (Å²) >= 11 is 0. The summed E-state index contributed by atoms with van der Waals surface area (Å²) in [4.78, 5) is 29.4. The summed E-state index contributed by atoms with van der Waals surface area (Å²) in [6.07, 6.45) is 4.89. The van der Waals surface area contributed by atoms with Gasteiger partial charge in [-0.25, -0.2) is 0 Å². The lowest BCUT2D eigenvalue weighted by Gasteiger charge is -2.29. The Morgan fingerprint density at radius 3 is 2.19 bits per heavy atom. The third kappa shape index (κ3) is 6.71. The summed E-state index contributed by atoms with van der Waals surface area (Å²) in [5, 5.41) is 0. The molecule has 0 saturated carbocycles. The van der Waals surface area contributed by atoms with Crippen LogP contribution >= 0.6 is 0 Å². The number of benzene rings is 2. The van der Waals surface area contributed by atoms with Crippen LogP contribution in [-0.2, 0) is 22.7 Å². The van der Waals surface area contributed by atoms with E-state index in [0.29, 0.717) is 18.8 Å². The molecule has 0 spiro atoms. The highest BCUT2D eigenvalue weighted by Crippen LogP contribution is 2.13. The van der Waals surface area contributed by atoms with E-state index in [0.717, 1.165) is 11.1 Å². The minimum absolute atomic E-state index is 0.00315. The Balaban J connectivity index is 1.73. The average Bonchev–Trinajstić information content (AvgIpc) is 3.29. The summed E-state index contributed by atoms with van der Waals surface area (Å²) in [6.45, 7) is 4.62. The van der Waals surface area contributed by atoms with Crippen LogP contribution in [0.25, 0.3) is 6.08 Å².